The summed E-state index contributed by atoms with van der Waals surface area (Å²) in [4.78, 5) is 10.2. The van der Waals surface area contributed by atoms with E-state index in [0.717, 1.165) is 19.1 Å². The van der Waals surface area contributed by atoms with Gasteiger partial charge < -0.3 is 4.79 Å². The monoisotopic (exact) mass is 140 g/mol. The maximum atomic E-state index is 10.2. The summed E-state index contributed by atoms with van der Waals surface area (Å²) in [7, 11) is 0. The van der Waals surface area contributed by atoms with Crippen molar-refractivity contribution in [2.45, 2.75) is 33.1 Å². The van der Waals surface area contributed by atoms with Crippen LogP contribution in [0.5, 0.6) is 0 Å². The zero-order valence-electron chi connectivity index (χ0n) is 6.89. The van der Waals surface area contributed by atoms with Gasteiger partial charge in [0.05, 0.1) is 0 Å². The highest BCUT2D eigenvalue weighted by Gasteiger charge is 2.20. The normalized spacial score (nSPS) is 11.0. The van der Waals surface area contributed by atoms with Gasteiger partial charge >= 0.3 is 0 Å². The number of hydrogen-bond acceptors (Lipinski definition) is 1. The van der Waals surface area contributed by atoms with Crippen molar-refractivity contribution in [1.82, 2.24) is 0 Å². The van der Waals surface area contributed by atoms with Crippen LogP contribution in [0.25, 0.3) is 0 Å². The van der Waals surface area contributed by atoms with E-state index in [1.807, 2.05) is 6.08 Å². The first kappa shape index (κ1) is 9.41. The second kappa shape index (κ2) is 4.26. The van der Waals surface area contributed by atoms with Gasteiger partial charge in [-0.1, -0.05) is 19.9 Å². The molecule has 0 saturated heterocycles. The van der Waals surface area contributed by atoms with Crippen LogP contribution in [0, 0.1) is 5.41 Å². The summed E-state index contributed by atoms with van der Waals surface area (Å²) in [5.41, 5.74) is 0.0712. The van der Waals surface area contributed by atoms with Gasteiger partial charge in [-0.2, -0.15) is 0 Å². The minimum Gasteiger partial charge on any atom is -0.303 e. The van der Waals surface area contributed by atoms with Crippen molar-refractivity contribution in [3.63, 3.8) is 0 Å². The SMILES string of the molecule is C=CC(CC)(CC)CC=O. The van der Waals surface area contributed by atoms with Crippen LogP contribution in [0.4, 0.5) is 0 Å². The molecule has 58 valence electrons. The lowest BCUT2D eigenvalue weighted by atomic mass is 9.80. The van der Waals surface area contributed by atoms with Gasteiger partial charge in [0.25, 0.3) is 0 Å². The molecule has 0 aromatic carbocycles. The van der Waals surface area contributed by atoms with E-state index in [2.05, 4.69) is 20.4 Å². The molecule has 0 aromatic heterocycles. The molecule has 0 aromatic rings. The minimum atomic E-state index is 0.0712. The molecule has 0 aliphatic heterocycles. The highest BCUT2D eigenvalue weighted by Crippen LogP contribution is 2.30. The Bertz CT molecular complexity index is 112. The first-order valence-electron chi connectivity index (χ1n) is 3.82. The van der Waals surface area contributed by atoms with E-state index in [-0.39, 0.29) is 5.41 Å². The maximum absolute atomic E-state index is 10.2. The molecule has 1 heteroatoms. The average Bonchev–Trinajstić information content (AvgIpc) is 2.01. The van der Waals surface area contributed by atoms with Crippen LogP contribution in [0.3, 0.4) is 0 Å². The summed E-state index contributed by atoms with van der Waals surface area (Å²) in [6.07, 6.45) is 5.51. The van der Waals surface area contributed by atoms with Crippen molar-refractivity contribution in [1.29, 1.82) is 0 Å². The van der Waals surface area contributed by atoms with Crippen LogP contribution in [0.1, 0.15) is 33.1 Å². The fourth-order valence-electron chi connectivity index (χ4n) is 1.08. The van der Waals surface area contributed by atoms with Crippen molar-refractivity contribution in [3.05, 3.63) is 12.7 Å². The first-order valence-corrected chi connectivity index (χ1v) is 3.82. The average molecular weight is 140 g/mol. The van der Waals surface area contributed by atoms with E-state index < -0.39 is 0 Å². The molecule has 0 atom stereocenters. The summed E-state index contributed by atoms with van der Waals surface area (Å²) in [6, 6.07) is 0. The number of allylic oxidation sites excluding steroid dienone is 1. The van der Waals surface area contributed by atoms with Gasteiger partial charge in [0.2, 0.25) is 0 Å². The van der Waals surface area contributed by atoms with Crippen LogP contribution < -0.4 is 0 Å². The second-order valence-electron chi connectivity index (χ2n) is 2.64. The van der Waals surface area contributed by atoms with Gasteiger partial charge in [0.1, 0.15) is 6.29 Å². The van der Waals surface area contributed by atoms with Crippen molar-refractivity contribution in [2.24, 2.45) is 5.41 Å². The molecule has 0 spiro atoms. The third kappa shape index (κ3) is 1.98. The number of carbonyl (C=O) groups excluding carboxylic acids is 1. The van der Waals surface area contributed by atoms with E-state index in [4.69, 9.17) is 0 Å². The van der Waals surface area contributed by atoms with E-state index in [0.29, 0.717) is 6.42 Å². The number of aldehydes is 1. The van der Waals surface area contributed by atoms with Crippen LogP contribution in [-0.4, -0.2) is 6.29 Å². The molecule has 0 unspecified atom stereocenters. The summed E-state index contributed by atoms with van der Waals surface area (Å²) in [5, 5.41) is 0. The molecule has 0 radical (unpaired) electrons. The van der Waals surface area contributed by atoms with Crippen LogP contribution in [0.2, 0.25) is 0 Å². The summed E-state index contributed by atoms with van der Waals surface area (Å²) < 4.78 is 0. The quantitative estimate of drug-likeness (QED) is 0.423. The molecule has 0 amide bonds. The third-order valence-electron chi connectivity index (χ3n) is 2.33. The zero-order valence-corrected chi connectivity index (χ0v) is 6.89. The smallest absolute Gasteiger partial charge is 0.120 e. The van der Waals surface area contributed by atoms with Gasteiger partial charge in [-0.25, -0.2) is 0 Å². The minimum absolute atomic E-state index is 0.0712. The summed E-state index contributed by atoms with van der Waals surface area (Å²) >= 11 is 0. The molecule has 0 N–H and O–H groups in total. The summed E-state index contributed by atoms with van der Waals surface area (Å²) in [5.74, 6) is 0. The fourth-order valence-corrected chi connectivity index (χ4v) is 1.08. The van der Waals surface area contributed by atoms with E-state index in [9.17, 15) is 4.79 Å². The Morgan fingerprint density at radius 3 is 2.00 bits per heavy atom. The summed E-state index contributed by atoms with van der Waals surface area (Å²) in [6.45, 7) is 7.92. The molecule has 0 heterocycles. The van der Waals surface area contributed by atoms with Crippen LogP contribution in [-0.2, 0) is 4.79 Å². The Hall–Kier alpha value is -0.590. The first-order chi connectivity index (χ1) is 4.74. The zero-order chi connectivity index (χ0) is 8.04. The third-order valence-corrected chi connectivity index (χ3v) is 2.33. The molecule has 0 aliphatic carbocycles. The number of hydrogen-bond donors (Lipinski definition) is 0. The molecule has 1 nitrogen and oxygen atoms in total. The molecule has 0 fully saturated rings. The molecular formula is C9H16O. The molecule has 0 aliphatic rings. The predicted molar refractivity (Wildman–Crippen MR) is 43.9 cm³/mol. The van der Waals surface area contributed by atoms with Gasteiger partial charge in [-0.05, 0) is 18.3 Å². The Balaban J connectivity index is 4.13. The Kier molecular flexibility index (Phi) is 4.01. The lowest BCUT2D eigenvalue weighted by Gasteiger charge is -2.24. The van der Waals surface area contributed by atoms with Gasteiger partial charge in [0, 0.05) is 6.42 Å². The Morgan fingerprint density at radius 2 is 1.90 bits per heavy atom. The van der Waals surface area contributed by atoms with Crippen molar-refractivity contribution in [3.8, 4) is 0 Å². The van der Waals surface area contributed by atoms with E-state index >= 15 is 0 Å². The van der Waals surface area contributed by atoms with Gasteiger partial charge in [-0.15, -0.1) is 6.58 Å². The molecular weight excluding hydrogens is 124 g/mol. The Labute approximate surface area is 63.1 Å². The topological polar surface area (TPSA) is 17.1 Å². The number of carbonyl (C=O) groups is 1. The van der Waals surface area contributed by atoms with Crippen molar-refractivity contribution in [2.75, 3.05) is 0 Å². The number of rotatable bonds is 5. The van der Waals surface area contributed by atoms with Crippen LogP contribution >= 0.6 is 0 Å². The molecule has 10 heavy (non-hydrogen) atoms. The molecule has 0 bridgehead atoms. The van der Waals surface area contributed by atoms with Crippen molar-refractivity contribution >= 4 is 6.29 Å². The maximum Gasteiger partial charge on any atom is 0.120 e. The predicted octanol–water partition coefficient (Wildman–Crippen LogP) is 2.57. The fraction of sp³-hybridized carbons (Fsp3) is 0.667. The Morgan fingerprint density at radius 1 is 1.40 bits per heavy atom. The second-order valence-corrected chi connectivity index (χ2v) is 2.64. The highest BCUT2D eigenvalue weighted by molar-refractivity contribution is 5.51. The van der Waals surface area contributed by atoms with Crippen LogP contribution in [0.15, 0.2) is 12.7 Å². The lowest BCUT2D eigenvalue weighted by molar-refractivity contribution is -0.109. The standard InChI is InChI=1S/C9H16O/c1-4-9(5-2,6-3)7-8-10/h4,8H,1,5-7H2,2-3H3. The largest absolute Gasteiger partial charge is 0.303 e. The molecule has 0 rings (SSSR count). The molecule has 0 saturated carbocycles. The van der Waals surface area contributed by atoms with Gasteiger partial charge in [-0.3, -0.25) is 0 Å². The van der Waals surface area contributed by atoms with E-state index in [1.165, 1.54) is 0 Å². The van der Waals surface area contributed by atoms with Gasteiger partial charge in [0.15, 0.2) is 0 Å². The van der Waals surface area contributed by atoms with E-state index in [1.54, 1.807) is 0 Å². The van der Waals surface area contributed by atoms with Crippen molar-refractivity contribution < 1.29 is 4.79 Å². The highest BCUT2D eigenvalue weighted by atomic mass is 16.1. The lowest BCUT2D eigenvalue weighted by Crippen LogP contribution is -2.15.